The second-order valence-corrected chi connectivity index (χ2v) is 5.33. The second kappa shape index (κ2) is 4.35. The van der Waals surface area contributed by atoms with Gasteiger partial charge in [-0.1, -0.05) is 0 Å². The average molecular weight is 339 g/mol. The molecule has 0 aliphatic heterocycles. The second-order valence-electron chi connectivity index (χ2n) is 2.99. The largest absolute Gasteiger partial charge is 0.392 e. The van der Waals surface area contributed by atoms with Gasteiger partial charge in [-0.25, -0.2) is 0 Å². The zero-order chi connectivity index (χ0) is 10.1. The third-order valence-electron chi connectivity index (χ3n) is 2.14. The van der Waals surface area contributed by atoms with E-state index in [4.69, 9.17) is 16.7 Å². The van der Waals surface area contributed by atoms with Gasteiger partial charge in [-0.15, -0.1) is 22.9 Å². The minimum Gasteiger partial charge on any atom is -0.392 e. The molecule has 1 aromatic heterocycles. The zero-order valence-electron chi connectivity index (χ0n) is 7.26. The summed E-state index contributed by atoms with van der Waals surface area (Å²) in [6, 6.07) is 4.20. The lowest BCUT2D eigenvalue weighted by atomic mass is 10.1. The lowest BCUT2D eigenvalue weighted by molar-refractivity contribution is 0.284. The van der Waals surface area contributed by atoms with Crippen LogP contribution in [0.5, 0.6) is 0 Å². The van der Waals surface area contributed by atoms with Crippen LogP contribution in [0.1, 0.15) is 11.1 Å². The molecule has 0 spiro atoms. The fourth-order valence-electron chi connectivity index (χ4n) is 1.37. The maximum absolute atomic E-state index is 9.12. The maximum Gasteiger partial charge on any atom is 0.0696 e. The van der Waals surface area contributed by atoms with E-state index in [1.165, 1.54) is 8.27 Å². The van der Waals surface area contributed by atoms with Gasteiger partial charge in [0.25, 0.3) is 0 Å². The van der Waals surface area contributed by atoms with Crippen LogP contribution in [0.15, 0.2) is 17.5 Å². The highest BCUT2D eigenvalue weighted by Crippen LogP contribution is 2.30. The Kier molecular flexibility index (Phi) is 3.31. The molecule has 1 aromatic carbocycles. The number of aliphatic hydroxyl groups excluding tert-OH is 1. The van der Waals surface area contributed by atoms with Crippen molar-refractivity contribution in [2.75, 3.05) is 0 Å². The zero-order valence-corrected chi connectivity index (χ0v) is 11.0. The number of benzene rings is 1. The van der Waals surface area contributed by atoms with Crippen LogP contribution in [0.25, 0.3) is 10.1 Å². The van der Waals surface area contributed by atoms with Gasteiger partial charge in [0.05, 0.1) is 6.61 Å². The Bertz CT molecular complexity index is 466. The molecule has 1 heterocycles. The lowest BCUT2D eigenvalue weighted by Crippen LogP contribution is -1.85. The highest BCUT2D eigenvalue weighted by Gasteiger charge is 2.06. The third kappa shape index (κ3) is 1.78. The number of rotatable bonds is 2. The topological polar surface area (TPSA) is 20.2 Å². The molecule has 0 saturated heterocycles. The smallest absolute Gasteiger partial charge is 0.0696 e. The molecule has 2 rings (SSSR count). The number of hydrogen-bond donors (Lipinski definition) is 1. The van der Waals surface area contributed by atoms with E-state index < -0.39 is 0 Å². The first kappa shape index (κ1) is 10.7. The molecule has 0 aliphatic rings. The predicted octanol–water partition coefficient (Wildman–Crippen LogP) is 3.74. The monoisotopic (exact) mass is 338 g/mol. The number of fused-ring (bicyclic) bond motifs is 1. The van der Waals surface area contributed by atoms with Crippen LogP contribution < -0.4 is 0 Å². The Labute approximate surface area is 105 Å². The number of alkyl halides is 1. The average Bonchev–Trinajstić information content (AvgIpc) is 2.58. The minimum absolute atomic E-state index is 0.107. The van der Waals surface area contributed by atoms with E-state index in [0.717, 1.165) is 16.5 Å². The Morgan fingerprint density at radius 2 is 2.14 bits per heavy atom. The molecule has 0 bridgehead atoms. The standard InChI is InChI=1S/C10H8ClIOS/c11-3-6-1-10-8(2-9(6)12)7(4-13)5-14-10/h1-2,5,13H,3-4H2. The van der Waals surface area contributed by atoms with Crippen molar-refractivity contribution in [2.24, 2.45) is 0 Å². The van der Waals surface area contributed by atoms with Gasteiger partial charge in [-0.05, 0) is 56.6 Å². The molecule has 0 saturated carbocycles. The summed E-state index contributed by atoms with van der Waals surface area (Å²) in [5.74, 6) is 0.542. The fraction of sp³-hybridized carbons (Fsp3) is 0.200. The SMILES string of the molecule is OCc1csc2cc(CCl)c(I)cc12. The maximum atomic E-state index is 9.12. The molecule has 0 radical (unpaired) electrons. The van der Waals surface area contributed by atoms with Crippen LogP contribution in [-0.2, 0) is 12.5 Å². The number of aliphatic hydroxyl groups is 1. The van der Waals surface area contributed by atoms with E-state index in [9.17, 15) is 0 Å². The summed E-state index contributed by atoms with van der Waals surface area (Å²) >= 11 is 9.76. The Morgan fingerprint density at radius 1 is 1.36 bits per heavy atom. The number of hydrogen-bond acceptors (Lipinski definition) is 2. The molecule has 74 valence electrons. The summed E-state index contributed by atoms with van der Waals surface area (Å²) in [6.45, 7) is 0.107. The van der Waals surface area contributed by atoms with Gasteiger partial charge < -0.3 is 5.11 Å². The summed E-state index contributed by atoms with van der Waals surface area (Å²) in [4.78, 5) is 0. The molecule has 14 heavy (non-hydrogen) atoms. The van der Waals surface area contributed by atoms with Crippen molar-refractivity contribution in [3.63, 3.8) is 0 Å². The van der Waals surface area contributed by atoms with Crippen LogP contribution in [0, 0.1) is 3.57 Å². The summed E-state index contributed by atoms with van der Waals surface area (Å²) in [5, 5.41) is 12.3. The molecule has 1 nitrogen and oxygen atoms in total. The highest BCUT2D eigenvalue weighted by molar-refractivity contribution is 14.1. The van der Waals surface area contributed by atoms with Gasteiger partial charge in [-0.2, -0.15) is 0 Å². The van der Waals surface area contributed by atoms with Gasteiger partial charge in [-0.3, -0.25) is 0 Å². The van der Waals surface area contributed by atoms with Gasteiger partial charge in [0.1, 0.15) is 0 Å². The molecule has 4 heteroatoms. The molecular formula is C10H8ClIOS. The Balaban J connectivity index is 2.69. The molecule has 0 atom stereocenters. The summed E-state index contributed by atoms with van der Waals surface area (Å²) in [7, 11) is 0. The van der Waals surface area contributed by atoms with E-state index in [1.807, 2.05) is 5.38 Å². The summed E-state index contributed by atoms with van der Waals surface area (Å²) < 4.78 is 2.36. The third-order valence-corrected chi connectivity index (χ3v) is 4.42. The first-order chi connectivity index (χ1) is 6.76. The summed E-state index contributed by atoms with van der Waals surface area (Å²) in [6.07, 6.45) is 0. The first-order valence-electron chi connectivity index (χ1n) is 4.11. The quantitative estimate of drug-likeness (QED) is 0.653. The van der Waals surface area contributed by atoms with Crippen molar-refractivity contribution in [1.29, 1.82) is 0 Å². The van der Waals surface area contributed by atoms with Crippen molar-refractivity contribution in [3.8, 4) is 0 Å². The molecule has 0 amide bonds. The molecular weight excluding hydrogens is 331 g/mol. The normalized spacial score (nSPS) is 11.1. The number of halogens is 2. The fourth-order valence-corrected chi connectivity index (χ4v) is 3.47. The van der Waals surface area contributed by atoms with Crippen LogP contribution in [0.4, 0.5) is 0 Å². The molecule has 0 unspecified atom stereocenters. The van der Waals surface area contributed by atoms with Crippen molar-refractivity contribution in [1.82, 2.24) is 0 Å². The van der Waals surface area contributed by atoms with Crippen LogP contribution in [-0.4, -0.2) is 5.11 Å². The van der Waals surface area contributed by atoms with Gasteiger partial charge in [0.15, 0.2) is 0 Å². The van der Waals surface area contributed by atoms with Crippen LogP contribution >= 0.6 is 45.5 Å². The van der Waals surface area contributed by atoms with Crippen LogP contribution in [0.3, 0.4) is 0 Å². The van der Waals surface area contributed by atoms with Gasteiger partial charge in [0.2, 0.25) is 0 Å². The predicted molar refractivity (Wildman–Crippen MR) is 70.0 cm³/mol. The molecule has 1 N–H and O–H groups in total. The summed E-state index contributed by atoms with van der Waals surface area (Å²) in [5.41, 5.74) is 2.16. The number of thiophene rings is 1. The Morgan fingerprint density at radius 3 is 2.79 bits per heavy atom. The van der Waals surface area contributed by atoms with Crippen LogP contribution in [0.2, 0.25) is 0 Å². The molecule has 0 fully saturated rings. The van der Waals surface area contributed by atoms with E-state index >= 15 is 0 Å². The lowest BCUT2D eigenvalue weighted by Gasteiger charge is -2.01. The van der Waals surface area contributed by atoms with Crippen molar-refractivity contribution >= 4 is 55.6 Å². The molecule has 0 aliphatic carbocycles. The van der Waals surface area contributed by atoms with E-state index in [-0.39, 0.29) is 6.61 Å². The van der Waals surface area contributed by atoms with E-state index in [2.05, 4.69) is 34.7 Å². The van der Waals surface area contributed by atoms with E-state index in [1.54, 1.807) is 11.3 Å². The highest BCUT2D eigenvalue weighted by atomic mass is 127. The van der Waals surface area contributed by atoms with Crippen molar-refractivity contribution in [3.05, 3.63) is 32.2 Å². The van der Waals surface area contributed by atoms with E-state index in [0.29, 0.717) is 5.88 Å². The Hall–Kier alpha value is 0.160. The minimum atomic E-state index is 0.107. The first-order valence-corrected chi connectivity index (χ1v) is 6.61. The molecule has 2 aromatic rings. The van der Waals surface area contributed by atoms with Gasteiger partial charge >= 0.3 is 0 Å². The van der Waals surface area contributed by atoms with Crippen molar-refractivity contribution in [2.45, 2.75) is 12.5 Å². The van der Waals surface area contributed by atoms with Crippen molar-refractivity contribution < 1.29 is 5.11 Å². The van der Waals surface area contributed by atoms with Gasteiger partial charge in [0, 0.05) is 14.2 Å².